The molecule has 170 valence electrons. The molecule has 5 heterocycles. The fourth-order valence-corrected chi connectivity index (χ4v) is 5.11. The summed E-state index contributed by atoms with van der Waals surface area (Å²) in [5.74, 6) is 1.43. The molecule has 0 aliphatic carbocycles. The second-order valence-electron chi connectivity index (χ2n) is 7.90. The lowest BCUT2D eigenvalue weighted by Crippen LogP contribution is -2.49. The zero-order valence-corrected chi connectivity index (χ0v) is 19.5. The molecule has 4 aromatic heterocycles. The Morgan fingerprint density at radius 2 is 1.91 bits per heavy atom. The Hall–Kier alpha value is -3.69. The molecule has 0 unspecified atom stereocenters. The van der Waals surface area contributed by atoms with E-state index in [-0.39, 0.29) is 5.91 Å². The lowest BCUT2D eigenvalue weighted by Gasteiger charge is -2.35. The van der Waals surface area contributed by atoms with Crippen molar-refractivity contribution in [2.24, 2.45) is 0 Å². The molecule has 8 nitrogen and oxygen atoms in total. The molecule has 1 aliphatic heterocycles. The molecule has 34 heavy (non-hydrogen) atoms. The molecule has 1 saturated heterocycles. The number of amides is 1. The average molecular weight is 491 g/mol. The summed E-state index contributed by atoms with van der Waals surface area (Å²) in [6.45, 7) is 2.53. The number of rotatable bonds is 4. The van der Waals surface area contributed by atoms with Gasteiger partial charge in [-0.3, -0.25) is 4.79 Å². The van der Waals surface area contributed by atoms with Gasteiger partial charge in [0.05, 0.1) is 17.3 Å². The van der Waals surface area contributed by atoms with Gasteiger partial charge >= 0.3 is 0 Å². The van der Waals surface area contributed by atoms with Crippen molar-refractivity contribution in [2.75, 3.05) is 31.1 Å². The number of halogens is 1. The lowest BCUT2D eigenvalue weighted by molar-refractivity contribution is 0.0740. The Morgan fingerprint density at radius 1 is 1.03 bits per heavy atom. The van der Waals surface area contributed by atoms with Gasteiger partial charge in [0, 0.05) is 37.3 Å². The lowest BCUT2D eigenvalue weighted by atomic mass is 10.2. The summed E-state index contributed by atoms with van der Waals surface area (Å²) in [6, 6.07) is 14.8. The molecule has 1 aliphatic rings. The number of furan rings is 1. The molecule has 1 amide bonds. The number of aromatic nitrogens is 4. The number of hydrogen-bond donors (Lipinski definition) is 0. The van der Waals surface area contributed by atoms with Crippen LogP contribution in [0.2, 0.25) is 5.02 Å². The van der Waals surface area contributed by atoms with Gasteiger partial charge in [0.25, 0.3) is 5.91 Å². The van der Waals surface area contributed by atoms with Crippen LogP contribution in [0.3, 0.4) is 0 Å². The quantitative estimate of drug-likeness (QED) is 0.361. The van der Waals surface area contributed by atoms with Crippen LogP contribution < -0.4 is 4.90 Å². The van der Waals surface area contributed by atoms with E-state index in [9.17, 15) is 4.79 Å². The van der Waals surface area contributed by atoms with E-state index in [1.165, 1.54) is 0 Å². The molecule has 5 aromatic rings. The molecule has 10 heteroatoms. The largest absolute Gasteiger partial charge is 0.463 e. The van der Waals surface area contributed by atoms with E-state index in [2.05, 4.69) is 20.0 Å². The minimum atomic E-state index is -0.114. The summed E-state index contributed by atoms with van der Waals surface area (Å²) in [7, 11) is 0. The molecular weight excluding hydrogens is 472 g/mol. The standard InChI is InChI=1S/C24H19ClN6O2S/c25-16-3-1-4-17(13-16)31-20(21-5-2-11-33-21)14-19(28-31)24(32)30-9-7-29(8-10-30)22-18-6-12-34-23(18)27-15-26-22/h1-6,11-15H,7-10H2. The van der Waals surface area contributed by atoms with Crippen LogP contribution in [0, 0.1) is 0 Å². The van der Waals surface area contributed by atoms with E-state index < -0.39 is 0 Å². The molecule has 0 N–H and O–H groups in total. The Kier molecular flexibility index (Phi) is 5.27. The highest BCUT2D eigenvalue weighted by atomic mass is 35.5. The maximum absolute atomic E-state index is 13.4. The van der Waals surface area contributed by atoms with Crippen molar-refractivity contribution in [3.05, 3.63) is 77.2 Å². The summed E-state index contributed by atoms with van der Waals surface area (Å²) in [5.41, 5.74) is 1.81. The van der Waals surface area contributed by atoms with Crippen LogP contribution in [0.25, 0.3) is 27.4 Å². The third-order valence-corrected chi connectivity index (χ3v) is 6.92. The molecule has 1 fully saturated rings. The maximum Gasteiger partial charge on any atom is 0.274 e. The van der Waals surface area contributed by atoms with Crippen LogP contribution in [-0.4, -0.2) is 56.7 Å². The Morgan fingerprint density at radius 3 is 2.71 bits per heavy atom. The fraction of sp³-hybridized carbons (Fsp3) is 0.167. The van der Waals surface area contributed by atoms with Gasteiger partial charge in [-0.2, -0.15) is 5.10 Å². The van der Waals surface area contributed by atoms with Crippen molar-refractivity contribution in [3.63, 3.8) is 0 Å². The van der Waals surface area contributed by atoms with Crippen LogP contribution >= 0.6 is 22.9 Å². The maximum atomic E-state index is 13.4. The number of benzene rings is 1. The highest BCUT2D eigenvalue weighted by molar-refractivity contribution is 7.16. The first kappa shape index (κ1) is 20.9. The molecular formula is C24H19ClN6O2S. The highest BCUT2D eigenvalue weighted by Gasteiger charge is 2.27. The van der Waals surface area contributed by atoms with E-state index in [1.807, 2.05) is 40.6 Å². The van der Waals surface area contributed by atoms with Crippen molar-refractivity contribution in [1.29, 1.82) is 0 Å². The predicted molar refractivity (Wildman–Crippen MR) is 132 cm³/mol. The normalized spacial score (nSPS) is 14.1. The SMILES string of the molecule is O=C(c1cc(-c2ccco2)n(-c2cccc(Cl)c2)n1)N1CCN(c2ncnc3sccc23)CC1. The van der Waals surface area contributed by atoms with Crippen molar-refractivity contribution >= 4 is 44.9 Å². The molecule has 1 aromatic carbocycles. The van der Waals surface area contributed by atoms with Gasteiger partial charge < -0.3 is 14.2 Å². The molecule has 0 saturated carbocycles. The summed E-state index contributed by atoms with van der Waals surface area (Å²) in [4.78, 5) is 27.2. The second-order valence-corrected chi connectivity index (χ2v) is 9.23. The summed E-state index contributed by atoms with van der Waals surface area (Å²) in [5, 5.41) is 8.30. The third-order valence-electron chi connectivity index (χ3n) is 5.86. The summed E-state index contributed by atoms with van der Waals surface area (Å²) >= 11 is 7.80. The van der Waals surface area contributed by atoms with Crippen molar-refractivity contribution < 1.29 is 9.21 Å². The van der Waals surface area contributed by atoms with Gasteiger partial charge in [-0.05, 0) is 41.8 Å². The third kappa shape index (κ3) is 3.72. The minimum Gasteiger partial charge on any atom is -0.463 e. The van der Waals surface area contributed by atoms with Crippen LogP contribution in [0.15, 0.2) is 70.9 Å². The van der Waals surface area contributed by atoms with E-state index >= 15 is 0 Å². The first-order chi connectivity index (χ1) is 16.7. The molecule has 0 bridgehead atoms. The number of carbonyl (C=O) groups is 1. The minimum absolute atomic E-state index is 0.114. The Labute approximate surface area is 204 Å². The topological polar surface area (TPSA) is 80.3 Å². The smallest absolute Gasteiger partial charge is 0.274 e. The molecule has 0 atom stereocenters. The number of anilines is 1. The van der Waals surface area contributed by atoms with Crippen LogP contribution in [0.4, 0.5) is 5.82 Å². The van der Waals surface area contributed by atoms with E-state index in [4.69, 9.17) is 16.0 Å². The summed E-state index contributed by atoms with van der Waals surface area (Å²) < 4.78 is 7.30. The summed E-state index contributed by atoms with van der Waals surface area (Å²) in [6.07, 6.45) is 3.20. The number of piperazine rings is 1. The Bertz CT molecular complexity index is 1470. The van der Waals surface area contributed by atoms with Crippen molar-refractivity contribution in [1.82, 2.24) is 24.6 Å². The number of hydrogen-bond acceptors (Lipinski definition) is 7. The van der Waals surface area contributed by atoms with Gasteiger partial charge in [-0.25, -0.2) is 14.6 Å². The fourth-order valence-electron chi connectivity index (χ4n) is 4.20. The van der Waals surface area contributed by atoms with Gasteiger partial charge in [-0.1, -0.05) is 17.7 Å². The Balaban J connectivity index is 1.26. The van der Waals surface area contributed by atoms with Crippen molar-refractivity contribution in [2.45, 2.75) is 0 Å². The average Bonchev–Trinajstić information content (AvgIpc) is 3.64. The van der Waals surface area contributed by atoms with Gasteiger partial charge in [0.2, 0.25) is 0 Å². The second kappa shape index (κ2) is 8.58. The monoisotopic (exact) mass is 490 g/mol. The molecule has 0 radical (unpaired) electrons. The van der Waals surface area contributed by atoms with E-state index in [0.29, 0.717) is 48.3 Å². The van der Waals surface area contributed by atoms with E-state index in [1.54, 1.807) is 46.8 Å². The predicted octanol–water partition coefficient (Wildman–Crippen LogP) is 4.75. The first-order valence-corrected chi connectivity index (χ1v) is 12.1. The number of thiophene rings is 1. The number of fused-ring (bicyclic) bond motifs is 1. The van der Waals surface area contributed by atoms with E-state index in [0.717, 1.165) is 21.7 Å². The molecule has 6 rings (SSSR count). The molecule has 0 spiro atoms. The zero-order valence-electron chi connectivity index (χ0n) is 18.0. The van der Waals surface area contributed by atoms with Crippen LogP contribution in [-0.2, 0) is 0 Å². The zero-order chi connectivity index (χ0) is 23.1. The van der Waals surface area contributed by atoms with Gasteiger partial charge in [0.15, 0.2) is 11.5 Å². The van der Waals surface area contributed by atoms with Crippen LogP contribution in [0.5, 0.6) is 0 Å². The van der Waals surface area contributed by atoms with Gasteiger partial charge in [0.1, 0.15) is 22.7 Å². The first-order valence-electron chi connectivity index (χ1n) is 10.8. The highest BCUT2D eigenvalue weighted by Crippen LogP contribution is 2.29. The van der Waals surface area contributed by atoms with Crippen LogP contribution in [0.1, 0.15) is 10.5 Å². The van der Waals surface area contributed by atoms with Gasteiger partial charge in [-0.15, -0.1) is 11.3 Å². The number of nitrogens with zero attached hydrogens (tertiary/aromatic N) is 6. The van der Waals surface area contributed by atoms with Crippen molar-refractivity contribution in [3.8, 4) is 17.1 Å². The number of carbonyl (C=O) groups excluding carboxylic acids is 1.